The highest BCUT2D eigenvalue weighted by molar-refractivity contribution is 7.89. The van der Waals surface area contributed by atoms with Gasteiger partial charge < -0.3 is 9.32 Å². The summed E-state index contributed by atoms with van der Waals surface area (Å²) >= 11 is 0. The van der Waals surface area contributed by atoms with E-state index in [1.807, 2.05) is 4.90 Å². The first-order valence-corrected chi connectivity index (χ1v) is 11.6. The zero-order valence-electron chi connectivity index (χ0n) is 16.8. The number of oxazole rings is 1. The summed E-state index contributed by atoms with van der Waals surface area (Å²) in [5.74, 6) is -0.129. The van der Waals surface area contributed by atoms with Crippen LogP contribution in [-0.4, -0.2) is 54.3 Å². The molecule has 1 amide bonds. The molecule has 8 nitrogen and oxygen atoms in total. The quantitative estimate of drug-likeness (QED) is 0.753. The van der Waals surface area contributed by atoms with Gasteiger partial charge in [-0.25, -0.2) is 13.2 Å². The zero-order valence-corrected chi connectivity index (χ0v) is 17.7. The number of piperidine rings is 2. The van der Waals surface area contributed by atoms with E-state index >= 15 is 0 Å². The van der Waals surface area contributed by atoms with Gasteiger partial charge in [-0.15, -0.1) is 0 Å². The molecule has 0 unspecified atom stereocenters. The van der Waals surface area contributed by atoms with Gasteiger partial charge in [0.1, 0.15) is 0 Å². The minimum Gasteiger partial charge on any atom is -0.408 e. The molecule has 0 N–H and O–H groups in total. The van der Waals surface area contributed by atoms with Gasteiger partial charge >= 0.3 is 5.76 Å². The van der Waals surface area contributed by atoms with Crippen LogP contribution in [0.4, 0.5) is 0 Å². The second-order valence-corrected chi connectivity index (χ2v) is 10.2. The van der Waals surface area contributed by atoms with Crippen LogP contribution in [-0.2, 0) is 21.9 Å². The molecule has 9 heteroatoms. The van der Waals surface area contributed by atoms with Gasteiger partial charge in [-0.05, 0) is 43.7 Å². The molecule has 3 heterocycles. The molecule has 0 saturated carbocycles. The molecule has 2 aliphatic rings. The normalized spacial score (nSPS) is 22.3. The van der Waals surface area contributed by atoms with E-state index in [0.717, 1.165) is 25.9 Å². The van der Waals surface area contributed by atoms with Crippen LogP contribution < -0.4 is 5.76 Å². The Kier molecular flexibility index (Phi) is 5.29. The first kappa shape index (κ1) is 20.2. The SMILES string of the molecule is CC1CCN(C(=O)[C@H]2CCCN(S(=O)(=O)c3ccc4c(c3)oc(=O)n4C)C2)CC1. The Morgan fingerprint density at radius 1 is 1.14 bits per heavy atom. The van der Waals surface area contributed by atoms with E-state index in [0.29, 0.717) is 30.8 Å². The van der Waals surface area contributed by atoms with Crippen molar-refractivity contribution in [3.63, 3.8) is 0 Å². The largest absolute Gasteiger partial charge is 0.419 e. The molecule has 2 aliphatic heterocycles. The number of aryl methyl sites for hydroxylation is 1. The molecule has 0 spiro atoms. The van der Waals surface area contributed by atoms with Crippen LogP contribution in [0.5, 0.6) is 0 Å². The van der Waals surface area contributed by atoms with E-state index in [-0.39, 0.29) is 28.8 Å². The Balaban J connectivity index is 1.54. The lowest BCUT2D eigenvalue weighted by molar-refractivity contribution is -0.138. The third-order valence-corrected chi connectivity index (χ3v) is 8.09. The summed E-state index contributed by atoms with van der Waals surface area (Å²) in [6, 6.07) is 4.46. The maximum absolute atomic E-state index is 13.2. The molecule has 2 saturated heterocycles. The number of aromatic nitrogens is 1. The molecule has 0 aliphatic carbocycles. The molecule has 4 rings (SSSR count). The van der Waals surface area contributed by atoms with Crippen molar-refractivity contribution in [2.75, 3.05) is 26.2 Å². The van der Waals surface area contributed by atoms with Gasteiger partial charge in [-0.3, -0.25) is 9.36 Å². The number of hydrogen-bond acceptors (Lipinski definition) is 5. The Bertz CT molecular complexity index is 1080. The van der Waals surface area contributed by atoms with Crippen LogP contribution in [0.25, 0.3) is 11.1 Å². The minimum absolute atomic E-state index is 0.0707. The fraction of sp³-hybridized carbons (Fsp3) is 0.600. The Hall–Kier alpha value is -2.13. The number of sulfonamides is 1. The minimum atomic E-state index is -3.77. The highest BCUT2D eigenvalue weighted by Gasteiger charge is 2.36. The molecule has 0 bridgehead atoms. The van der Waals surface area contributed by atoms with Crippen molar-refractivity contribution < 1.29 is 17.6 Å². The Morgan fingerprint density at radius 3 is 2.59 bits per heavy atom. The Morgan fingerprint density at radius 2 is 1.86 bits per heavy atom. The van der Waals surface area contributed by atoms with Crippen molar-refractivity contribution in [3.05, 3.63) is 28.7 Å². The van der Waals surface area contributed by atoms with Crippen LogP contribution >= 0.6 is 0 Å². The van der Waals surface area contributed by atoms with Crippen LogP contribution in [0, 0.1) is 11.8 Å². The second kappa shape index (κ2) is 7.60. The molecule has 2 aromatic rings. The number of amides is 1. The maximum atomic E-state index is 13.2. The summed E-state index contributed by atoms with van der Waals surface area (Å²) < 4.78 is 34.2. The van der Waals surface area contributed by atoms with E-state index in [1.165, 1.54) is 21.0 Å². The molecular formula is C20H27N3O5S. The maximum Gasteiger partial charge on any atom is 0.419 e. The van der Waals surface area contributed by atoms with E-state index in [4.69, 9.17) is 4.42 Å². The van der Waals surface area contributed by atoms with Crippen molar-refractivity contribution in [1.29, 1.82) is 0 Å². The van der Waals surface area contributed by atoms with Crippen LogP contribution in [0.2, 0.25) is 0 Å². The van der Waals surface area contributed by atoms with Crippen LogP contribution in [0.1, 0.15) is 32.6 Å². The summed E-state index contributed by atoms with van der Waals surface area (Å²) in [5.41, 5.74) is 0.783. The van der Waals surface area contributed by atoms with E-state index in [9.17, 15) is 18.0 Å². The first-order valence-electron chi connectivity index (χ1n) is 10.2. The number of carbonyl (C=O) groups is 1. The number of carbonyl (C=O) groups excluding carboxylic acids is 1. The van der Waals surface area contributed by atoms with Crippen molar-refractivity contribution in [2.45, 2.75) is 37.5 Å². The molecule has 158 valence electrons. The lowest BCUT2D eigenvalue weighted by Gasteiger charge is -2.36. The smallest absolute Gasteiger partial charge is 0.408 e. The van der Waals surface area contributed by atoms with Gasteiger partial charge in [-0.1, -0.05) is 6.92 Å². The van der Waals surface area contributed by atoms with Crippen molar-refractivity contribution in [1.82, 2.24) is 13.8 Å². The number of fused-ring (bicyclic) bond motifs is 1. The highest BCUT2D eigenvalue weighted by Crippen LogP contribution is 2.28. The molecule has 0 radical (unpaired) electrons. The molecule has 1 atom stereocenters. The average Bonchev–Trinajstić information content (AvgIpc) is 3.01. The molecule has 1 aromatic carbocycles. The van der Waals surface area contributed by atoms with Crippen molar-refractivity contribution in [2.24, 2.45) is 18.9 Å². The standard InChI is InChI=1S/C20H27N3O5S/c1-14-7-10-22(11-8-14)19(24)15-4-3-9-23(13-15)29(26,27)16-5-6-17-18(12-16)28-20(25)21(17)2/h5-6,12,14-15H,3-4,7-11,13H2,1-2H3/t15-/m0/s1. The van der Waals surface area contributed by atoms with Gasteiger partial charge in [0.2, 0.25) is 15.9 Å². The number of hydrogen-bond donors (Lipinski definition) is 0. The van der Waals surface area contributed by atoms with E-state index in [2.05, 4.69) is 6.92 Å². The van der Waals surface area contributed by atoms with Crippen LogP contribution in [0.3, 0.4) is 0 Å². The fourth-order valence-corrected chi connectivity index (χ4v) is 5.81. The van der Waals surface area contributed by atoms with E-state index < -0.39 is 15.8 Å². The van der Waals surface area contributed by atoms with E-state index in [1.54, 1.807) is 13.1 Å². The number of likely N-dealkylation sites (tertiary alicyclic amines) is 1. The predicted molar refractivity (Wildman–Crippen MR) is 108 cm³/mol. The number of nitrogens with zero attached hydrogens (tertiary/aromatic N) is 3. The van der Waals surface area contributed by atoms with Crippen molar-refractivity contribution >= 4 is 27.0 Å². The monoisotopic (exact) mass is 421 g/mol. The summed E-state index contributed by atoms with van der Waals surface area (Å²) in [5, 5.41) is 0. The lowest BCUT2D eigenvalue weighted by atomic mass is 9.94. The predicted octanol–water partition coefficient (Wildman–Crippen LogP) is 1.79. The molecule has 29 heavy (non-hydrogen) atoms. The third kappa shape index (κ3) is 3.73. The number of benzene rings is 1. The summed E-state index contributed by atoms with van der Waals surface area (Å²) in [7, 11) is -2.20. The van der Waals surface area contributed by atoms with Gasteiger partial charge in [0.25, 0.3) is 0 Å². The fourth-order valence-electron chi connectivity index (χ4n) is 4.27. The summed E-state index contributed by atoms with van der Waals surface area (Å²) in [6.45, 7) is 4.30. The van der Waals surface area contributed by atoms with Crippen LogP contribution in [0.15, 0.2) is 32.3 Å². The first-order chi connectivity index (χ1) is 13.8. The molecular weight excluding hydrogens is 394 g/mol. The average molecular weight is 422 g/mol. The van der Waals surface area contributed by atoms with Gasteiger partial charge in [0.15, 0.2) is 5.58 Å². The zero-order chi connectivity index (χ0) is 20.8. The molecule has 2 fully saturated rings. The van der Waals surface area contributed by atoms with Gasteiger partial charge in [-0.2, -0.15) is 4.31 Å². The second-order valence-electron chi connectivity index (χ2n) is 8.27. The van der Waals surface area contributed by atoms with Gasteiger partial charge in [0, 0.05) is 39.3 Å². The number of rotatable bonds is 3. The lowest BCUT2D eigenvalue weighted by Crippen LogP contribution is -2.48. The summed E-state index contributed by atoms with van der Waals surface area (Å²) in [6.07, 6.45) is 3.37. The molecule has 1 aromatic heterocycles. The topological polar surface area (TPSA) is 92.8 Å². The summed E-state index contributed by atoms with van der Waals surface area (Å²) in [4.78, 5) is 26.6. The van der Waals surface area contributed by atoms with Crippen molar-refractivity contribution in [3.8, 4) is 0 Å². The third-order valence-electron chi connectivity index (χ3n) is 6.23. The Labute approximate surface area is 170 Å². The highest BCUT2D eigenvalue weighted by atomic mass is 32.2. The van der Waals surface area contributed by atoms with Gasteiger partial charge in [0.05, 0.1) is 16.3 Å².